The zero-order valence-corrected chi connectivity index (χ0v) is 10.6. The van der Waals surface area contributed by atoms with Crippen molar-refractivity contribution in [3.05, 3.63) is 0 Å². The van der Waals surface area contributed by atoms with E-state index in [2.05, 4.69) is 26.1 Å². The summed E-state index contributed by atoms with van der Waals surface area (Å²) in [5.41, 5.74) is 0. The Kier molecular flexibility index (Phi) is 6.26. The van der Waals surface area contributed by atoms with E-state index >= 15 is 0 Å². The normalized spacial score (nSPS) is 27.2. The summed E-state index contributed by atoms with van der Waals surface area (Å²) >= 11 is 0. The van der Waals surface area contributed by atoms with Gasteiger partial charge in [0.1, 0.15) is 0 Å². The minimum atomic E-state index is 0.556. The molecule has 1 aliphatic carbocycles. The van der Waals surface area contributed by atoms with Crippen LogP contribution in [-0.2, 0) is 4.74 Å². The molecule has 1 N–H and O–H groups in total. The molecule has 0 saturated heterocycles. The van der Waals surface area contributed by atoms with Crippen molar-refractivity contribution in [3.8, 4) is 0 Å². The first-order valence-electron chi connectivity index (χ1n) is 6.53. The van der Waals surface area contributed by atoms with Crippen LogP contribution in [0.2, 0.25) is 0 Å². The fourth-order valence-corrected chi connectivity index (χ4v) is 2.11. The maximum atomic E-state index is 5.87. The van der Waals surface area contributed by atoms with Gasteiger partial charge in [0.25, 0.3) is 0 Å². The molecule has 0 heterocycles. The molecule has 0 bridgehead atoms. The lowest BCUT2D eigenvalue weighted by molar-refractivity contribution is 0.0187. The molecule has 90 valence electrons. The highest BCUT2D eigenvalue weighted by Crippen LogP contribution is 2.25. The number of ether oxygens (including phenoxy) is 1. The lowest BCUT2D eigenvalue weighted by atomic mass is 9.89. The first-order valence-corrected chi connectivity index (χ1v) is 6.53. The molecule has 1 fully saturated rings. The topological polar surface area (TPSA) is 21.3 Å². The molecule has 2 heteroatoms. The zero-order valence-electron chi connectivity index (χ0n) is 10.6. The van der Waals surface area contributed by atoms with Gasteiger partial charge in [0.05, 0.1) is 6.10 Å². The Morgan fingerprint density at radius 3 is 2.47 bits per heavy atom. The molecule has 0 spiro atoms. The van der Waals surface area contributed by atoms with Gasteiger partial charge in [-0.3, -0.25) is 0 Å². The van der Waals surface area contributed by atoms with Crippen LogP contribution in [0.5, 0.6) is 0 Å². The van der Waals surface area contributed by atoms with Crippen LogP contribution in [0.15, 0.2) is 0 Å². The van der Waals surface area contributed by atoms with Crippen molar-refractivity contribution in [2.45, 2.75) is 65.0 Å². The molecule has 2 nitrogen and oxygen atoms in total. The lowest BCUT2D eigenvalue weighted by Gasteiger charge is -2.26. The molecular weight excluding hydrogens is 186 g/mol. The Hall–Kier alpha value is -0.0800. The predicted octanol–water partition coefficient (Wildman–Crippen LogP) is 2.97. The van der Waals surface area contributed by atoms with E-state index in [1.54, 1.807) is 0 Å². The number of rotatable bonds is 6. The van der Waals surface area contributed by atoms with E-state index in [-0.39, 0.29) is 0 Å². The SMILES string of the molecule is CC1CCC(OCCCNC(C)C)CC1. The van der Waals surface area contributed by atoms with Gasteiger partial charge in [-0.1, -0.05) is 20.8 Å². The summed E-state index contributed by atoms with van der Waals surface area (Å²) < 4.78 is 5.87. The number of hydrogen-bond donors (Lipinski definition) is 1. The second-order valence-corrected chi connectivity index (χ2v) is 5.22. The quantitative estimate of drug-likeness (QED) is 0.685. The third-order valence-electron chi connectivity index (χ3n) is 3.19. The second kappa shape index (κ2) is 7.24. The van der Waals surface area contributed by atoms with E-state index < -0.39 is 0 Å². The Bertz CT molecular complexity index is 151. The highest BCUT2D eigenvalue weighted by Gasteiger charge is 2.17. The molecule has 0 aromatic heterocycles. The molecule has 0 aliphatic heterocycles. The van der Waals surface area contributed by atoms with Crippen LogP contribution < -0.4 is 5.32 Å². The van der Waals surface area contributed by atoms with Crippen LogP contribution in [-0.4, -0.2) is 25.3 Å². The summed E-state index contributed by atoms with van der Waals surface area (Å²) in [5, 5.41) is 3.41. The van der Waals surface area contributed by atoms with Crippen molar-refractivity contribution in [3.63, 3.8) is 0 Å². The van der Waals surface area contributed by atoms with Crippen molar-refractivity contribution in [1.29, 1.82) is 0 Å². The Morgan fingerprint density at radius 1 is 1.20 bits per heavy atom. The van der Waals surface area contributed by atoms with Crippen LogP contribution in [0, 0.1) is 5.92 Å². The molecular formula is C13H27NO. The van der Waals surface area contributed by atoms with Crippen molar-refractivity contribution in [2.75, 3.05) is 13.2 Å². The smallest absolute Gasteiger partial charge is 0.0575 e. The largest absolute Gasteiger partial charge is 0.378 e. The summed E-state index contributed by atoms with van der Waals surface area (Å²) in [4.78, 5) is 0. The maximum absolute atomic E-state index is 5.87. The Labute approximate surface area is 94.8 Å². The third kappa shape index (κ3) is 6.16. The van der Waals surface area contributed by atoms with Crippen LogP contribution in [0.25, 0.3) is 0 Å². The summed E-state index contributed by atoms with van der Waals surface area (Å²) in [5.74, 6) is 0.924. The second-order valence-electron chi connectivity index (χ2n) is 5.22. The fraction of sp³-hybridized carbons (Fsp3) is 1.00. The Morgan fingerprint density at radius 2 is 1.87 bits per heavy atom. The average molecular weight is 213 g/mol. The molecule has 0 aromatic carbocycles. The number of nitrogens with one attached hydrogen (secondary N) is 1. The summed E-state index contributed by atoms with van der Waals surface area (Å²) in [7, 11) is 0. The average Bonchev–Trinajstić information content (AvgIpc) is 2.20. The summed E-state index contributed by atoms with van der Waals surface area (Å²) in [6.07, 6.45) is 6.96. The van der Waals surface area contributed by atoms with E-state index in [1.165, 1.54) is 25.7 Å². The van der Waals surface area contributed by atoms with E-state index in [1.807, 2.05) is 0 Å². The standard InChI is InChI=1S/C13H27NO/c1-11(2)14-9-4-10-15-13-7-5-12(3)6-8-13/h11-14H,4-10H2,1-3H3. The molecule has 1 rings (SSSR count). The van der Waals surface area contributed by atoms with Gasteiger partial charge in [0, 0.05) is 12.6 Å². The third-order valence-corrected chi connectivity index (χ3v) is 3.19. The van der Waals surface area contributed by atoms with Crippen LogP contribution in [0.3, 0.4) is 0 Å². The van der Waals surface area contributed by atoms with Crippen molar-refractivity contribution in [1.82, 2.24) is 5.32 Å². The molecule has 0 atom stereocenters. The van der Waals surface area contributed by atoms with Gasteiger partial charge < -0.3 is 10.1 Å². The highest BCUT2D eigenvalue weighted by atomic mass is 16.5. The molecule has 1 aliphatic rings. The summed E-state index contributed by atoms with van der Waals surface area (Å²) in [6, 6.07) is 0.598. The van der Waals surface area contributed by atoms with E-state index in [9.17, 15) is 0 Å². The molecule has 0 aromatic rings. The fourth-order valence-electron chi connectivity index (χ4n) is 2.11. The van der Waals surface area contributed by atoms with E-state index in [0.717, 1.165) is 25.5 Å². The molecule has 15 heavy (non-hydrogen) atoms. The van der Waals surface area contributed by atoms with Crippen molar-refractivity contribution >= 4 is 0 Å². The maximum Gasteiger partial charge on any atom is 0.0575 e. The summed E-state index contributed by atoms with van der Waals surface area (Å²) in [6.45, 7) is 8.73. The first kappa shape index (κ1) is 13.0. The van der Waals surface area contributed by atoms with Crippen LogP contribution in [0.1, 0.15) is 52.9 Å². The molecule has 1 saturated carbocycles. The van der Waals surface area contributed by atoms with Crippen molar-refractivity contribution in [2.24, 2.45) is 5.92 Å². The minimum absolute atomic E-state index is 0.556. The van der Waals surface area contributed by atoms with Gasteiger partial charge in [-0.15, -0.1) is 0 Å². The van der Waals surface area contributed by atoms with Gasteiger partial charge in [0.2, 0.25) is 0 Å². The molecule has 0 unspecified atom stereocenters. The lowest BCUT2D eigenvalue weighted by Crippen LogP contribution is -2.26. The van der Waals surface area contributed by atoms with Gasteiger partial charge in [-0.25, -0.2) is 0 Å². The van der Waals surface area contributed by atoms with Gasteiger partial charge in [-0.2, -0.15) is 0 Å². The van der Waals surface area contributed by atoms with Crippen molar-refractivity contribution < 1.29 is 4.74 Å². The van der Waals surface area contributed by atoms with Gasteiger partial charge in [0.15, 0.2) is 0 Å². The van der Waals surface area contributed by atoms with E-state index in [0.29, 0.717) is 12.1 Å². The predicted molar refractivity (Wildman–Crippen MR) is 65.1 cm³/mol. The van der Waals surface area contributed by atoms with Crippen LogP contribution >= 0.6 is 0 Å². The highest BCUT2D eigenvalue weighted by molar-refractivity contribution is 4.69. The monoisotopic (exact) mass is 213 g/mol. The Balaban J connectivity index is 1.91. The number of hydrogen-bond acceptors (Lipinski definition) is 2. The first-order chi connectivity index (χ1) is 7.18. The molecule has 0 amide bonds. The van der Waals surface area contributed by atoms with E-state index in [4.69, 9.17) is 4.74 Å². The van der Waals surface area contributed by atoms with Crippen LogP contribution in [0.4, 0.5) is 0 Å². The minimum Gasteiger partial charge on any atom is -0.378 e. The van der Waals surface area contributed by atoms with Gasteiger partial charge in [-0.05, 0) is 44.6 Å². The molecule has 0 radical (unpaired) electrons. The zero-order chi connectivity index (χ0) is 11.1. The van der Waals surface area contributed by atoms with Gasteiger partial charge >= 0.3 is 0 Å².